The number of nitrogens with one attached hydrogen (secondary N) is 3. The lowest BCUT2D eigenvalue weighted by Crippen LogP contribution is -2.66. The number of sulfonamides is 1. The lowest BCUT2D eigenvalue weighted by atomic mass is 9.76. The molecule has 0 saturated carbocycles. The van der Waals surface area contributed by atoms with E-state index in [0.29, 0.717) is 0 Å². The smallest absolute Gasteiger partial charge is 0.266 e. The number of rotatable bonds is 13. The molecule has 0 aromatic heterocycles. The molecule has 3 unspecified atom stereocenters. The minimum Gasteiger partial charge on any atom is -0.398 e. The van der Waals surface area contributed by atoms with Crippen LogP contribution in [0.3, 0.4) is 0 Å². The van der Waals surface area contributed by atoms with E-state index >= 15 is 0 Å². The second kappa shape index (κ2) is 14.4. The van der Waals surface area contributed by atoms with Crippen molar-refractivity contribution in [2.45, 2.75) is 83.3 Å². The lowest BCUT2D eigenvalue weighted by Gasteiger charge is -2.42. The fourth-order valence-corrected chi connectivity index (χ4v) is 6.35. The zero-order valence-corrected chi connectivity index (χ0v) is 28.4. The normalized spacial score (nSPS) is 15.3. The summed E-state index contributed by atoms with van der Waals surface area (Å²) in [5.41, 5.74) is 5.02. The van der Waals surface area contributed by atoms with Gasteiger partial charge in [0.05, 0.1) is 17.8 Å². The molecule has 0 aliphatic carbocycles. The summed E-state index contributed by atoms with van der Waals surface area (Å²) < 4.78 is 27.7. The van der Waals surface area contributed by atoms with Gasteiger partial charge in [-0.25, -0.2) is 13.1 Å². The molecule has 0 bridgehead atoms. The van der Waals surface area contributed by atoms with Gasteiger partial charge in [0.15, 0.2) is 0 Å². The highest BCUT2D eigenvalue weighted by Gasteiger charge is 2.45. The summed E-state index contributed by atoms with van der Waals surface area (Å²) in [5, 5.41) is 6.18. The van der Waals surface area contributed by atoms with E-state index in [9.17, 15) is 22.8 Å². The molecule has 3 amide bonds. The Hall–Kier alpha value is -3.70. The van der Waals surface area contributed by atoms with Crippen LogP contribution in [0.1, 0.15) is 61.0 Å². The van der Waals surface area contributed by atoms with E-state index in [1.807, 2.05) is 71.9 Å². The van der Waals surface area contributed by atoms with Gasteiger partial charge in [0.1, 0.15) is 10.4 Å². The van der Waals surface area contributed by atoms with E-state index in [1.165, 1.54) is 30.0 Å². The van der Waals surface area contributed by atoms with Crippen molar-refractivity contribution >= 4 is 33.4 Å². The molecule has 44 heavy (non-hydrogen) atoms. The first-order chi connectivity index (χ1) is 20.3. The summed E-state index contributed by atoms with van der Waals surface area (Å²) in [6.07, 6.45) is 1.57. The third kappa shape index (κ3) is 8.06. The minimum absolute atomic E-state index is 0.0162. The lowest BCUT2D eigenvalue weighted by molar-refractivity contribution is -0.144. The number of nitrogens with zero attached hydrogens (tertiary/aromatic N) is 1. The number of likely N-dealkylation sites (N-methyl/N-ethyl adjacent to an activating group) is 2. The molecule has 242 valence electrons. The van der Waals surface area contributed by atoms with Crippen LogP contribution in [-0.4, -0.2) is 62.8 Å². The Morgan fingerprint density at radius 3 is 1.98 bits per heavy atom. The predicted octanol–water partition coefficient (Wildman–Crippen LogP) is 3.60. The molecule has 0 fully saturated rings. The van der Waals surface area contributed by atoms with Gasteiger partial charge in [0.25, 0.3) is 15.9 Å². The molecule has 11 heteroatoms. The van der Waals surface area contributed by atoms with E-state index in [-0.39, 0.29) is 39.8 Å². The number of nitrogen functional groups attached to an aromatic ring is 1. The molecule has 0 spiro atoms. The van der Waals surface area contributed by atoms with Crippen molar-refractivity contribution in [3.8, 4) is 0 Å². The SMILES string of the molecule is CNC(C(=O)NC(C)(C(=O)N(C)C(/C=C(\C)C(=O)NS(=O)(=O)c1ccccc1N)C(C)C)C(C)C)C(C)(C)c1ccccc1. The zero-order chi connectivity index (χ0) is 33.6. The second-order valence-corrected chi connectivity index (χ2v) is 14.3. The molecule has 0 saturated heterocycles. The first kappa shape index (κ1) is 36.5. The van der Waals surface area contributed by atoms with Crippen LogP contribution >= 0.6 is 0 Å². The first-order valence-corrected chi connectivity index (χ1v) is 16.2. The molecular formula is C33H49N5O5S. The maximum absolute atomic E-state index is 14.2. The summed E-state index contributed by atoms with van der Waals surface area (Å²) in [6, 6.07) is 14.3. The van der Waals surface area contributed by atoms with Gasteiger partial charge in [-0.1, -0.05) is 90.1 Å². The Morgan fingerprint density at radius 2 is 1.48 bits per heavy atom. The molecule has 10 nitrogen and oxygen atoms in total. The maximum atomic E-state index is 14.2. The third-order valence-corrected chi connectivity index (χ3v) is 9.84. The van der Waals surface area contributed by atoms with Crippen LogP contribution in [0.4, 0.5) is 5.69 Å². The van der Waals surface area contributed by atoms with Crippen molar-refractivity contribution in [1.82, 2.24) is 20.3 Å². The van der Waals surface area contributed by atoms with E-state index in [4.69, 9.17) is 5.73 Å². The fourth-order valence-electron chi connectivity index (χ4n) is 5.19. The Balaban J connectivity index is 2.36. The summed E-state index contributed by atoms with van der Waals surface area (Å²) >= 11 is 0. The quantitative estimate of drug-likeness (QED) is 0.196. The number of nitrogens with two attached hydrogens (primary N) is 1. The van der Waals surface area contributed by atoms with Gasteiger partial charge in [0.2, 0.25) is 11.8 Å². The number of hydrogen-bond donors (Lipinski definition) is 4. The Bertz CT molecular complexity index is 1470. The largest absolute Gasteiger partial charge is 0.398 e. The number of hydrogen-bond acceptors (Lipinski definition) is 7. The first-order valence-electron chi connectivity index (χ1n) is 14.7. The molecule has 0 heterocycles. The van der Waals surface area contributed by atoms with E-state index in [0.717, 1.165) is 5.56 Å². The summed E-state index contributed by atoms with van der Waals surface area (Å²) in [7, 11) is -0.883. The highest BCUT2D eigenvalue weighted by molar-refractivity contribution is 7.90. The van der Waals surface area contributed by atoms with Crippen LogP contribution < -0.4 is 21.1 Å². The highest BCUT2D eigenvalue weighted by Crippen LogP contribution is 2.29. The Labute approximate surface area is 262 Å². The molecule has 0 radical (unpaired) electrons. The van der Waals surface area contributed by atoms with E-state index < -0.39 is 39.0 Å². The van der Waals surface area contributed by atoms with Crippen molar-refractivity contribution in [3.63, 3.8) is 0 Å². The third-order valence-electron chi connectivity index (χ3n) is 8.44. The van der Waals surface area contributed by atoms with Gasteiger partial charge < -0.3 is 21.3 Å². The average molecular weight is 628 g/mol. The van der Waals surface area contributed by atoms with E-state index in [2.05, 4.69) is 15.4 Å². The van der Waals surface area contributed by atoms with Crippen molar-refractivity contribution in [2.24, 2.45) is 11.8 Å². The van der Waals surface area contributed by atoms with Gasteiger partial charge in [-0.2, -0.15) is 0 Å². The topological polar surface area (TPSA) is 151 Å². The molecule has 2 aromatic rings. The van der Waals surface area contributed by atoms with Crippen LogP contribution in [0.5, 0.6) is 0 Å². The molecule has 5 N–H and O–H groups in total. The second-order valence-electron chi connectivity index (χ2n) is 12.6. The van der Waals surface area contributed by atoms with Gasteiger partial charge in [-0.3, -0.25) is 14.4 Å². The van der Waals surface area contributed by atoms with Crippen molar-refractivity contribution in [1.29, 1.82) is 0 Å². The van der Waals surface area contributed by atoms with Crippen LogP contribution in [0.25, 0.3) is 0 Å². The standard InChI is InChI=1S/C33H49N5O5S/c1-21(2)26(20-23(5)29(39)37-44(42,43)27-19-15-14-18-25(27)34)38(10)31(41)33(8,22(3)4)36-30(40)28(35-9)32(6,7)24-16-12-11-13-17-24/h11-22,26,28,35H,34H2,1-10H3,(H,36,40)(H,37,39)/b23-20+. The Morgan fingerprint density at radius 1 is 0.932 bits per heavy atom. The van der Waals surface area contributed by atoms with Crippen LogP contribution in [0, 0.1) is 11.8 Å². The fraction of sp³-hybridized carbons (Fsp3) is 0.485. The van der Waals surface area contributed by atoms with Gasteiger partial charge in [0, 0.05) is 18.0 Å². The zero-order valence-electron chi connectivity index (χ0n) is 27.6. The van der Waals surface area contributed by atoms with Crippen molar-refractivity contribution in [2.75, 3.05) is 19.8 Å². The number of carbonyl (C=O) groups excluding carboxylic acids is 3. The summed E-state index contributed by atoms with van der Waals surface area (Å²) in [6.45, 7) is 14.6. The van der Waals surface area contributed by atoms with Gasteiger partial charge >= 0.3 is 0 Å². The van der Waals surface area contributed by atoms with E-state index in [1.54, 1.807) is 33.2 Å². The Kier molecular flexibility index (Phi) is 11.9. The minimum atomic E-state index is -4.22. The summed E-state index contributed by atoms with van der Waals surface area (Å²) in [4.78, 5) is 42.3. The predicted molar refractivity (Wildman–Crippen MR) is 175 cm³/mol. The van der Waals surface area contributed by atoms with Gasteiger partial charge in [-0.05, 0) is 50.4 Å². The maximum Gasteiger partial charge on any atom is 0.266 e. The molecule has 2 aromatic carbocycles. The van der Waals surface area contributed by atoms with Gasteiger partial charge in [-0.15, -0.1) is 0 Å². The summed E-state index contributed by atoms with van der Waals surface area (Å²) in [5.74, 6) is -1.94. The number of para-hydroxylation sites is 1. The number of amides is 3. The number of anilines is 1. The van der Waals surface area contributed by atoms with Crippen LogP contribution in [0.15, 0.2) is 71.1 Å². The molecule has 3 atom stereocenters. The van der Waals surface area contributed by atoms with Crippen LogP contribution in [0.2, 0.25) is 0 Å². The monoisotopic (exact) mass is 627 g/mol. The van der Waals surface area contributed by atoms with Crippen molar-refractivity contribution < 1.29 is 22.8 Å². The average Bonchev–Trinajstić information content (AvgIpc) is 2.95. The number of benzene rings is 2. The molecule has 0 aliphatic rings. The molecule has 2 rings (SSSR count). The number of carbonyl (C=O) groups is 3. The van der Waals surface area contributed by atoms with Crippen LogP contribution in [-0.2, 0) is 29.8 Å². The molecular weight excluding hydrogens is 578 g/mol. The van der Waals surface area contributed by atoms with Crippen molar-refractivity contribution in [3.05, 3.63) is 71.8 Å². The molecule has 0 aliphatic heterocycles. The highest BCUT2D eigenvalue weighted by atomic mass is 32.2.